The van der Waals surface area contributed by atoms with Gasteiger partial charge in [-0.25, -0.2) is 9.79 Å². The first-order valence-corrected chi connectivity index (χ1v) is 8.63. The highest BCUT2D eigenvalue weighted by Crippen LogP contribution is 2.14. The summed E-state index contributed by atoms with van der Waals surface area (Å²) in [4.78, 5) is 23.4. The molecule has 28 heavy (non-hydrogen) atoms. The lowest BCUT2D eigenvalue weighted by molar-refractivity contribution is -0.138. The summed E-state index contributed by atoms with van der Waals surface area (Å²) in [6, 6.07) is 12.3. The summed E-state index contributed by atoms with van der Waals surface area (Å²) in [5.41, 5.74) is 6.67. The van der Waals surface area contributed by atoms with Crippen molar-refractivity contribution in [2.75, 3.05) is 6.54 Å². The summed E-state index contributed by atoms with van der Waals surface area (Å²) in [6.45, 7) is 0.292. The SMILES string of the molecule is NC(=NCCCC(N=Cc1ccccc1O)C(=O)O)/N=C/c1ccccc1O. The van der Waals surface area contributed by atoms with Gasteiger partial charge in [0.05, 0.1) is 0 Å². The number of hydrogen-bond donors (Lipinski definition) is 4. The Labute approximate surface area is 162 Å². The van der Waals surface area contributed by atoms with Crippen LogP contribution in [-0.2, 0) is 4.79 Å². The number of guanidine groups is 1. The second-order valence-electron chi connectivity index (χ2n) is 5.89. The monoisotopic (exact) mass is 382 g/mol. The molecule has 0 aliphatic carbocycles. The molecule has 0 aliphatic heterocycles. The Hall–Kier alpha value is -3.68. The van der Waals surface area contributed by atoms with Crippen LogP contribution in [-0.4, -0.2) is 52.3 Å². The molecule has 0 bridgehead atoms. The minimum Gasteiger partial charge on any atom is -0.507 e. The highest BCUT2D eigenvalue weighted by molar-refractivity contribution is 5.94. The van der Waals surface area contributed by atoms with Crippen LogP contribution in [0, 0.1) is 0 Å². The first-order valence-electron chi connectivity index (χ1n) is 8.63. The molecule has 0 aromatic heterocycles. The molecule has 2 aromatic rings. The van der Waals surface area contributed by atoms with Gasteiger partial charge in [0.1, 0.15) is 17.5 Å². The van der Waals surface area contributed by atoms with Crippen LogP contribution in [0.2, 0.25) is 0 Å². The Balaban J connectivity index is 1.87. The maximum Gasteiger partial charge on any atom is 0.328 e. The van der Waals surface area contributed by atoms with E-state index in [1.54, 1.807) is 36.4 Å². The molecular weight excluding hydrogens is 360 g/mol. The number of nitrogens with zero attached hydrogens (tertiary/aromatic N) is 3. The number of aliphatic carboxylic acids is 1. The summed E-state index contributed by atoms with van der Waals surface area (Å²) < 4.78 is 0. The predicted octanol–water partition coefficient (Wildman–Crippen LogP) is 2.18. The van der Waals surface area contributed by atoms with E-state index in [0.717, 1.165) is 0 Å². The molecule has 0 aliphatic rings. The minimum atomic E-state index is -1.05. The smallest absolute Gasteiger partial charge is 0.328 e. The highest BCUT2D eigenvalue weighted by atomic mass is 16.4. The summed E-state index contributed by atoms with van der Waals surface area (Å²) >= 11 is 0. The summed E-state index contributed by atoms with van der Waals surface area (Å²) in [5, 5.41) is 28.6. The van der Waals surface area contributed by atoms with E-state index in [1.807, 2.05) is 0 Å². The van der Waals surface area contributed by atoms with Crippen LogP contribution in [0.5, 0.6) is 11.5 Å². The quantitative estimate of drug-likeness (QED) is 0.315. The topological polar surface area (TPSA) is 141 Å². The third kappa shape index (κ3) is 6.56. The number of carbonyl (C=O) groups is 1. The molecule has 146 valence electrons. The maximum absolute atomic E-state index is 11.3. The molecule has 0 spiro atoms. The number of aliphatic imine (C=N–C) groups is 3. The molecule has 0 amide bonds. The molecular formula is C20H22N4O4. The van der Waals surface area contributed by atoms with Crippen LogP contribution < -0.4 is 5.73 Å². The van der Waals surface area contributed by atoms with E-state index in [-0.39, 0.29) is 23.9 Å². The van der Waals surface area contributed by atoms with Crippen LogP contribution in [0.3, 0.4) is 0 Å². The first-order chi connectivity index (χ1) is 13.5. The van der Waals surface area contributed by atoms with Crippen molar-refractivity contribution >= 4 is 24.4 Å². The van der Waals surface area contributed by atoms with Gasteiger partial charge in [-0.05, 0) is 37.1 Å². The number of nitrogens with two attached hydrogens (primary N) is 1. The summed E-state index contributed by atoms with van der Waals surface area (Å²) in [7, 11) is 0. The lowest BCUT2D eigenvalue weighted by atomic mass is 10.1. The van der Waals surface area contributed by atoms with Gasteiger partial charge in [0.25, 0.3) is 0 Å². The number of phenols is 2. The van der Waals surface area contributed by atoms with Crippen molar-refractivity contribution in [2.24, 2.45) is 20.7 Å². The summed E-state index contributed by atoms with van der Waals surface area (Å²) in [6.07, 6.45) is 3.47. The number of rotatable bonds is 8. The third-order valence-corrected chi connectivity index (χ3v) is 3.80. The number of para-hydroxylation sites is 2. The van der Waals surface area contributed by atoms with Crippen LogP contribution in [0.4, 0.5) is 0 Å². The van der Waals surface area contributed by atoms with Crippen molar-refractivity contribution in [3.05, 3.63) is 59.7 Å². The average molecular weight is 382 g/mol. The predicted molar refractivity (Wildman–Crippen MR) is 109 cm³/mol. The number of aromatic hydroxyl groups is 2. The van der Waals surface area contributed by atoms with Gasteiger partial charge in [0.15, 0.2) is 0 Å². The zero-order valence-corrected chi connectivity index (χ0v) is 15.1. The Morgan fingerprint density at radius 3 is 2.14 bits per heavy atom. The second-order valence-corrected chi connectivity index (χ2v) is 5.89. The summed E-state index contributed by atoms with van der Waals surface area (Å²) in [5.74, 6) is -0.894. The zero-order valence-electron chi connectivity index (χ0n) is 15.1. The lowest BCUT2D eigenvalue weighted by Gasteiger charge is -2.06. The first kappa shape index (κ1) is 20.6. The molecule has 0 radical (unpaired) electrons. The second kappa shape index (κ2) is 10.5. The zero-order chi connectivity index (χ0) is 20.4. The van der Waals surface area contributed by atoms with E-state index in [1.165, 1.54) is 24.6 Å². The Bertz CT molecular complexity index is 893. The lowest BCUT2D eigenvalue weighted by Crippen LogP contribution is -2.18. The molecule has 0 fully saturated rings. The van der Waals surface area contributed by atoms with Gasteiger partial charge in [0.2, 0.25) is 5.96 Å². The molecule has 0 heterocycles. The van der Waals surface area contributed by atoms with Crippen molar-refractivity contribution in [1.82, 2.24) is 0 Å². The third-order valence-electron chi connectivity index (χ3n) is 3.80. The molecule has 1 atom stereocenters. The maximum atomic E-state index is 11.3. The number of hydrogen-bond acceptors (Lipinski definition) is 5. The van der Waals surface area contributed by atoms with E-state index in [9.17, 15) is 20.1 Å². The Morgan fingerprint density at radius 1 is 1.00 bits per heavy atom. The minimum absolute atomic E-state index is 0.0350. The van der Waals surface area contributed by atoms with Gasteiger partial charge in [-0.2, -0.15) is 0 Å². The molecule has 8 heteroatoms. The fourth-order valence-corrected chi connectivity index (χ4v) is 2.28. The molecule has 1 unspecified atom stereocenters. The fraction of sp³-hybridized carbons (Fsp3) is 0.200. The average Bonchev–Trinajstić information content (AvgIpc) is 2.67. The van der Waals surface area contributed by atoms with Gasteiger partial charge in [-0.1, -0.05) is 24.3 Å². The molecule has 0 saturated carbocycles. The molecule has 0 saturated heterocycles. The molecule has 8 nitrogen and oxygen atoms in total. The largest absolute Gasteiger partial charge is 0.507 e. The van der Waals surface area contributed by atoms with Gasteiger partial charge < -0.3 is 21.1 Å². The van der Waals surface area contributed by atoms with E-state index in [0.29, 0.717) is 24.1 Å². The van der Waals surface area contributed by atoms with E-state index < -0.39 is 12.0 Å². The van der Waals surface area contributed by atoms with Gasteiger partial charge >= 0.3 is 5.97 Å². The fourth-order valence-electron chi connectivity index (χ4n) is 2.28. The number of carboxylic acids is 1. The normalized spacial score (nSPS) is 13.2. The van der Waals surface area contributed by atoms with Crippen molar-refractivity contribution in [3.63, 3.8) is 0 Å². The van der Waals surface area contributed by atoms with Crippen LogP contribution in [0.25, 0.3) is 0 Å². The van der Waals surface area contributed by atoms with Crippen LogP contribution in [0.15, 0.2) is 63.5 Å². The van der Waals surface area contributed by atoms with Crippen molar-refractivity contribution < 1.29 is 20.1 Å². The Kier molecular flexibility index (Phi) is 7.71. The molecule has 2 aromatic carbocycles. The van der Waals surface area contributed by atoms with Crippen molar-refractivity contribution in [2.45, 2.75) is 18.9 Å². The van der Waals surface area contributed by atoms with E-state index in [4.69, 9.17) is 5.73 Å². The van der Waals surface area contributed by atoms with E-state index in [2.05, 4.69) is 15.0 Å². The van der Waals surface area contributed by atoms with E-state index >= 15 is 0 Å². The molecule has 5 N–H and O–H groups in total. The number of benzene rings is 2. The van der Waals surface area contributed by atoms with Crippen LogP contribution >= 0.6 is 0 Å². The number of carboxylic acid groups (broad SMARTS) is 1. The van der Waals surface area contributed by atoms with Crippen molar-refractivity contribution in [1.29, 1.82) is 0 Å². The van der Waals surface area contributed by atoms with Gasteiger partial charge in [-0.15, -0.1) is 0 Å². The van der Waals surface area contributed by atoms with Crippen LogP contribution in [0.1, 0.15) is 24.0 Å². The standard InChI is InChI=1S/C20H22N4O4/c21-20(24-13-15-7-2-4-10-18(15)26)22-11-5-8-16(19(27)28)23-12-14-6-1-3-9-17(14)25/h1-4,6-7,9-10,12-13,16,25-26H,5,8,11H2,(H2,21,22)(H,27,28)/b23-12?,24-13+. The highest BCUT2D eigenvalue weighted by Gasteiger charge is 2.14. The molecule has 2 rings (SSSR count). The Morgan fingerprint density at radius 2 is 1.57 bits per heavy atom. The van der Waals surface area contributed by atoms with Gasteiger partial charge in [-0.3, -0.25) is 9.98 Å². The van der Waals surface area contributed by atoms with Gasteiger partial charge in [0, 0.05) is 30.1 Å². The van der Waals surface area contributed by atoms with Crippen molar-refractivity contribution in [3.8, 4) is 11.5 Å². The number of phenolic OH excluding ortho intramolecular Hbond substituents is 2.